The van der Waals surface area contributed by atoms with E-state index in [0.29, 0.717) is 23.3 Å². The summed E-state index contributed by atoms with van der Waals surface area (Å²) in [5.41, 5.74) is 0.718. The van der Waals surface area contributed by atoms with Crippen molar-refractivity contribution in [3.05, 3.63) is 46.3 Å². The van der Waals surface area contributed by atoms with Gasteiger partial charge in [-0.05, 0) is 43.4 Å². The van der Waals surface area contributed by atoms with Crippen molar-refractivity contribution in [2.45, 2.75) is 43.8 Å². The number of aryl methyl sites for hydroxylation is 1. The number of rotatable bonds is 5. The first kappa shape index (κ1) is 23.7. The summed E-state index contributed by atoms with van der Waals surface area (Å²) in [6.07, 6.45) is -9.64. The average Bonchev–Trinajstić information content (AvgIpc) is 3.04. The molecular weight excluding hydrogens is 464 g/mol. The number of nitrogens with two attached hydrogens (primary N) is 1. The summed E-state index contributed by atoms with van der Waals surface area (Å²) >= 11 is 0.887. The van der Waals surface area contributed by atoms with Gasteiger partial charge in [-0.2, -0.15) is 26.3 Å². The van der Waals surface area contributed by atoms with E-state index >= 15 is 0 Å². The monoisotopic (exact) mass is 481 g/mol. The highest BCUT2D eigenvalue weighted by molar-refractivity contribution is 7.17. The Hall–Kier alpha value is -2.96. The van der Waals surface area contributed by atoms with Gasteiger partial charge in [0.05, 0.1) is 5.56 Å². The van der Waals surface area contributed by atoms with Crippen LogP contribution in [-0.4, -0.2) is 30.0 Å². The van der Waals surface area contributed by atoms with Gasteiger partial charge in [0.25, 0.3) is 5.91 Å². The third kappa shape index (κ3) is 4.47. The number of carbonyl (C=O) groups excluding carboxylic acids is 2. The Morgan fingerprint density at radius 3 is 2.12 bits per heavy atom. The molecule has 4 N–H and O–H groups in total. The molecule has 6 nitrogen and oxygen atoms in total. The van der Waals surface area contributed by atoms with Gasteiger partial charge >= 0.3 is 24.1 Å². The molecule has 0 aliphatic heterocycles. The van der Waals surface area contributed by atoms with Gasteiger partial charge < -0.3 is 10.5 Å². The van der Waals surface area contributed by atoms with E-state index in [2.05, 4.69) is 4.74 Å². The van der Waals surface area contributed by atoms with Crippen molar-refractivity contribution < 1.29 is 40.7 Å². The minimum atomic E-state index is -6.08. The minimum Gasteiger partial charge on any atom is -0.451 e. The molecular formula is C19H17F6N3O3S. The molecule has 1 aliphatic rings. The van der Waals surface area contributed by atoms with Crippen LogP contribution in [0.2, 0.25) is 0 Å². The van der Waals surface area contributed by atoms with Crippen molar-refractivity contribution in [2.75, 3.05) is 5.32 Å². The largest absolute Gasteiger partial charge is 0.458 e. The fourth-order valence-corrected chi connectivity index (χ4v) is 4.61. The predicted octanol–water partition coefficient (Wildman–Crippen LogP) is 4.75. The zero-order chi connectivity index (χ0) is 23.7. The zero-order valence-corrected chi connectivity index (χ0v) is 17.0. The molecule has 13 heteroatoms. The molecule has 2 aromatic rings. The number of primary amides is 1. The Morgan fingerprint density at radius 1 is 0.969 bits per heavy atom. The van der Waals surface area contributed by atoms with Crippen LogP contribution in [0, 0.1) is 0 Å². The number of benzene rings is 1. The number of hydrogen-bond donors (Lipinski definition) is 3. The second kappa shape index (κ2) is 8.52. The lowest BCUT2D eigenvalue weighted by Gasteiger charge is -2.37. The fraction of sp³-hybridized carbons (Fsp3) is 0.368. The Morgan fingerprint density at radius 2 is 1.56 bits per heavy atom. The Balaban J connectivity index is 1.96. The maximum atomic E-state index is 13.7. The molecule has 0 bridgehead atoms. The predicted molar refractivity (Wildman–Crippen MR) is 104 cm³/mol. The van der Waals surface area contributed by atoms with Crippen LogP contribution < -0.4 is 21.1 Å². The summed E-state index contributed by atoms with van der Waals surface area (Å²) in [7, 11) is 0. The summed E-state index contributed by atoms with van der Waals surface area (Å²) in [5, 5.41) is 2.59. The molecule has 0 spiro atoms. The van der Waals surface area contributed by atoms with Crippen LogP contribution in [0.5, 0.6) is 5.75 Å². The topological polar surface area (TPSA) is 93.5 Å². The average molecular weight is 481 g/mol. The first-order valence-electron chi connectivity index (χ1n) is 9.27. The van der Waals surface area contributed by atoms with E-state index < -0.39 is 35.8 Å². The van der Waals surface area contributed by atoms with Gasteiger partial charge in [-0.15, -0.1) is 11.3 Å². The van der Waals surface area contributed by atoms with E-state index in [1.807, 2.05) is 5.32 Å². The molecule has 1 heterocycles. The van der Waals surface area contributed by atoms with Crippen molar-refractivity contribution in [3.63, 3.8) is 0 Å². The highest BCUT2D eigenvalue weighted by Crippen LogP contribution is 2.45. The number of amides is 3. The number of halogens is 6. The van der Waals surface area contributed by atoms with Gasteiger partial charge in [0, 0.05) is 4.88 Å². The van der Waals surface area contributed by atoms with Gasteiger partial charge in [-0.25, -0.2) is 4.79 Å². The molecule has 1 aliphatic carbocycles. The Bertz CT molecular complexity index is 990. The normalized spacial score (nSPS) is 14.4. The number of anilines is 1. The summed E-state index contributed by atoms with van der Waals surface area (Å²) in [6.45, 7) is 0. The molecule has 0 fully saturated rings. The molecule has 0 radical (unpaired) electrons. The molecule has 1 aromatic heterocycles. The van der Waals surface area contributed by atoms with Gasteiger partial charge in [-0.3, -0.25) is 15.4 Å². The Labute approximate surface area is 181 Å². The van der Waals surface area contributed by atoms with Crippen molar-refractivity contribution in [2.24, 2.45) is 5.73 Å². The number of carbonyl (C=O) groups is 2. The molecule has 0 saturated carbocycles. The van der Waals surface area contributed by atoms with Gasteiger partial charge in [-0.1, -0.05) is 18.2 Å². The first-order valence-corrected chi connectivity index (χ1v) is 10.1. The lowest BCUT2D eigenvalue weighted by Crippen LogP contribution is -2.71. The SMILES string of the molecule is NC(=O)c1c(NC(=O)NC(Oc2ccccc2)(C(F)(F)F)C(F)(F)F)sc2c1CCCC2. The number of alkyl halides is 6. The molecule has 32 heavy (non-hydrogen) atoms. The second-order valence-electron chi connectivity index (χ2n) is 6.95. The summed E-state index contributed by atoms with van der Waals surface area (Å²) < 4.78 is 86.4. The fourth-order valence-electron chi connectivity index (χ4n) is 3.32. The van der Waals surface area contributed by atoms with Crippen LogP contribution >= 0.6 is 11.3 Å². The number of urea groups is 1. The van der Waals surface area contributed by atoms with Crippen LogP contribution in [0.25, 0.3) is 0 Å². The maximum absolute atomic E-state index is 13.7. The minimum absolute atomic E-state index is 0.117. The number of thiophene rings is 1. The standard InChI is InChI=1S/C19H17F6N3O3S/c20-18(21,22)17(19(23,24)25,31-10-6-2-1-3-7-10)28-16(30)27-15-13(14(26)29)11-8-4-5-9-12(11)32-15/h1-3,6-7H,4-5,8-9H2,(H2,26,29)(H2,27,28,30). The van der Waals surface area contributed by atoms with E-state index in [1.165, 1.54) is 18.2 Å². The van der Waals surface area contributed by atoms with Gasteiger partial charge in [0.2, 0.25) is 0 Å². The smallest absolute Gasteiger partial charge is 0.451 e. The highest BCUT2D eigenvalue weighted by atomic mass is 32.1. The van der Waals surface area contributed by atoms with E-state index in [-0.39, 0.29) is 10.6 Å². The third-order valence-corrected chi connectivity index (χ3v) is 5.95. The van der Waals surface area contributed by atoms with Crippen LogP contribution in [0.3, 0.4) is 0 Å². The zero-order valence-electron chi connectivity index (χ0n) is 16.2. The molecule has 1 aromatic carbocycles. The molecule has 0 unspecified atom stereocenters. The highest BCUT2D eigenvalue weighted by Gasteiger charge is 2.75. The molecule has 0 saturated heterocycles. The van der Waals surface area contributed by atoms with Crippen molar-refractivity contribution in [1.82, 2.24) is 5.32 Å². The van der Waals surface area contributed by atoms with Crippen molar-refractivity contribution in [3.8, 4) is 5.75 Å². The summed E-state index contributed by atoms with van der Waals surface area (Å²) in [4.78, 5) is 24.9. The summed E-state index contributed by atoms with van der Waals surface area (Å²) in [5.74, 6) is -1.72. The quantitative estimate of drug-likeness (QED) is 0.425. The first-order chi connectivity index (χ1) is 14.9. The number of ether oxygens (including phenoxy) is 1. The van der Waals surface area contributed by atoms with Crippen LogP contribution in [-0.2, 0) is 12.8 Å². The Kier molecular flexibility index (Phi) is 6.31. The number of nitrogens with one attached hydrogen (secondary N) is 2. The molecule has 3 rings (SSSR count). The van der Waals surface area contributed by atoms with E-state index in [1.54, 1.807) is 0 Å². The summed E-state index contributed by atoms with van der Waals surface area (Å²) in [6, 6.07) is 3.59. The van der Waals surface area contributed by atoms with Crippen LogP contribution in [0.4, 0.5) is 36.1 Å². The maximum Gasteiger partial charge on any atom is 0.458 e. The van der Waals surface area contributed by atoms with Crippen LogP contribution in [0.1, 0.15) is 33.6 Å². The molecule has 3 amide bonds. The number of para-hydroxylation sites is 1. The molecule has 174 valence electrons. The van der Waals surface area contributed by atoms with E-state index in [9.17, 15) is 35.9 Å². The van der Waals surface area contributed by atoms with Gasteiger partial charge in [0.1, 0.15) is 10.8 Å². The number of fused-ring (bicyclic) bond motifs is 1. The van der Waals surface area contributed by atoms with Crippen molar-refractivity contribution in [1.29, 1.82) is 0 Å². The lowest BCUT2D eigenvalue weighted by molar-refractivity contribution is -0.364. The second-order valence-corrected chi connectivity index (χ2v) is 8.06. The molecule has 0 atom stereocenters. The van der Waals surface area contributed by atoms with E-state index in [4.69, 9.17) is 5.73 Å². The van der Waals surface area contributed by atoms with Crippen molar-refractivity contribution >= 4 is 28.3 Å². The third-order valence-electron chi connectivity index (χ3n) is 4.75. The van der Waals surface area contributed by atoms with Gasteiger partial charge in [0.15, 0.2) is 0 Å². The van der Waals surface area contributed by atoms with Crippen LogP contribution in [0.15, 0.2) is 30.3 Å². The lowest BCUT2D eigenvalue weighted by atomic mass is 9.95. The number of hydrogen-bond acceptors (Lipinski definition) is 4. The van der Waals surface area contributed by atoms with E-state index in [0.717, 1.165) is 41.6 Å².